The van der Waals surface area contributed by atoms with E-state index >= 15 is 0 Å². The highest BCUT2D eigenvalue weighted by Gasteiger charge is 2.20. The lowest BCUT2D eigenvalue weighted by Gasteiger charge is -1.98. The van der Waals surface area contributed by atoms with E-state index in [2.05, 4.69) is 27.5 Å². The first-order valence-corrected chi connectivity index (χ1v) is 7.41. The van der Waals surface area contributed by atoms with Crippen LogP contribution in [0.4, 0.5) is 0 Å². The van der Waals surface area contributed by atoms with Gasteiger partial charge < -0.3 is 9.73 Å². The Morgan fingerprint density at radius 1 is 1.33 bits per heavy atom. The van der Waals surface area contributed by atoms with E-state index in [1.165, 1.54) is 12.8 Å². The molecule has 1 aliphatic carbocycles. The number of benzene rings is 1. The molecule has 0 unspecified atom stereocenters. The second-order valence-electron chi connectivity index (χ2n) is 5.59. The summed E-state index contributed by atoms with van der Waals surface area (Å²) in [7, 11) is 1.95. The van der Waals surface area contributed by atoms with Crippen LogP contribution in [0.5, 0.6) is 0 Å². The number of hydrogen-bond donors (Lipinski definition) is 1. The summed E-state index contributed by atoms with van der Waals surface area (Å²) in [6.45, 7) is 0.924. The molecule has 1 aromatic carbocycles. The molecule has 5 nitrogen and oxygen atoms in total. The maximum atomic E-state index is 5.87. The largest absolute Gasteiger partial charge is 0.439 e. The second kappa shape index (κ2) is 5.00. The lowest BCUT2D eigenvalue weighted by molar-refractivity contribution is 0.493. The number of nitrogens with one attached hydrogen (secondary N) is 1. The fourth-order valence-corrected chi connectivity index (χ4v) is 2.60. The van der Waals surface area contributed by atoms with Gasteiger partial charge in [0.25, 0.3) is 0 Å². The van der Waals surface area contributed by atoms with Crippen molar-refractivity contribution in [2.45, 2.75) is 25.3 Å². The van der Waals surface area contributed by atoms with Gasteiger partial charge in [0.15, 0.2) is 11.7 Å². The molecule has 1 saturated carbocycles. The van der Waals surface area contributed by atoms with Gasteiger partial charge in [-0.3, -0.25) is 4.68 Å². The standard InChI is InChI=1S/C16H18N4O/c1-20-13-5-3-2-4-12(13)16(19-20)14-10-18-15(21-14)8-9-17-11-6-7-11/h2-5,10-11,17H,6-9H2,1H3. The van der Waals surface area contributed by atoms with Crippen molar-refractivity contribution in [2.75, 3.05) is 6.54 Å². The number of nitrogens with zero attached hydrogens (tertiary/aromatic N) is 3. The van der Waals surface area contributed by atoms with E-state index in [9.17, 15) is 0 Å². The maximum Gasteiger partial charge on any atom is 0.196 e. The minimum absolute atomic E-state index is 0.721. The molecule has 21 heavy (non-hydrogen) atoms. The van der Waals surface area contributed by atoms with Crippen molar-refractivity contribution in [1.29, 1.82) is 0 Å². The molecule has 1 N–H and O–H groups in total. The fourth-order valence-electron chi connectivity index (χ4n) is 2.60. The van der Waals surface area contributed by atoms with Crippen LogP contribution >= 0.6 is 0 Å². The second-order valence-corrected chi connectivity index (χ2v) is 5.59. The molecule has 5 heteroatoms. The van der Waals surface area contributed by atoms with E-state index in [0.29, 0.717) is 0 Å². The third kappa shape index (κ3) is 2.45. The lowest BCUT2D eigenvalue weighted by atomic mass is 10.2. The molecule has 108 valence electrons. The molecule has 3 aromatic rings. The Labute approximate surface area is 123 Å². The molecule has 0 saturated heterocycles. The Hall–Kier alpha value is -2.14. The van der Waals surface area contributed by atoms with E-state index in [0.717, 1.165) is 47.3 Å². The van der Waals surface area contributed by atoms with Gasteiger partial charge in [0.2, 0.25) is 0 Å². The number of hydrogen-bond acceptors (Lipinski definition) is 4. The predicted octanol–water partition coefficient (Wildman–Crippen LogP) is 2.52. The average molecular weight is 282 g/mol. The number of rotatable bonds is 5. The molecule has 0 atom stereocenters. The van der Waals surface area contributed by atoms with Crippen molar-refractivity contribution in [1.82, 2.24) is 20.1 Å². The van der Waals surface area contributed by atoms with Crippen LogP contribution in [0.15, 0.2) is 34.9 Å². The summed E-state index contributed by atoms with van der Waals surface area (Å²) >= 11 is 0. The Morgan fingerprint density at radius 2 is 2.19 bits per heavy atom. The number of fused-ring (bicyclic) bond motifs is 1. The predicted molar refractivity (Wildman–Crippen MR) is 80.9 cm³/mol. The van der Waals surface area contributed by atoms with Gasteiger partial charge in [0.1, 0.15) is 5.69 Å². The van der Waals surface area contributed by atoms with Crippen molar-refractivity contribution in [3.05, 3.63) is 36.4 Å². The van der Waals surface area contributed by atoms with Gasteiger partial charge in [-0.1, -0.05) is 18.2 Å². The molecule has 0 spiro atoms. The normalized spacial score (nSPS) is 14.9. The summed E-state index contributed by atoms with van der Waals surface area (Å²) < 4.78 is 7.74. The third-order valence-electron chi connectivity index (χ3n) is 3.89. The van der Waals surface area contributed by atoms with Crippen molar-refractivity contribution in [3.8, 4) is 11.5 Å². The van der Waals surface area contributed by atoms with Crippen LogP contribution in [0.2, 0.25) is 0 Å². The van der Waals surface area contributed by atoms with Crippen molar-refractivity contribution in [3.63, 3.8) is 0 Å². The monoisotopic (exact) mass is 282 g/mol. The van der Waals surface area contributed by atoms with Gasteiger partial charge in [-0.05, 0) is 18.9 Å². The summed E-state index contributed by atoms with van der Waals surface area (Å²) in [5.74, 6) is 1.51. The summed E-state index contributed by atoms with van der Waals surface area (Å²) in [6.07, 6.45) is 5.20. The molecule has 0 bridgehead atoms. The van der Waals surface area contributed by atoms with Crippen LogP contribution in [0, 0.1) is 0 Å². The summed E-state index contributed by atoms with van der Waals surface area (Å²) in [5.41, 5.74) is 1.96. The fraction of sp³-hybridized carbons (Fsp3) is 0.375. The van der Waals surface area contributed by atoms with E-state index in [1.807, 2.05) is 23.9 Å². The Bertz CT molecular complexity index is 770. The molecule has 1 aliphatic rings. The number of oxazole rings is 1. The third-order valence-corrected chi connectivity index (χ3v) is 3.89. The van der Waals surface area contributed by atoms with Crippen molar-refractivity contribution in [2.24, 2.45) is 7.05 Å². The number of aromatic nitrogens is 3. The molecule has 2 aromatic heterocycles. The Kier molecular flexibility index (Phi) is 3.00. The quantitative estimate of drug-likeness (QED) is 0.781. The molecule has 1 fully saturated rings. The highest BCUT2D eigenvalue weighted by Crippen LogP contribution is 2.28. The highest BCUT2D eigenvalue weighted by atomic mass is 16.4. The smallest absolute Gasteiger partial charge is 0.196 e. The number of para-hydroxylation sites is 1. The molecule has 0 amide bonds. The Morgan fingerprint density at radius 3 is 3.05 bits per heavy atom. The van der Waals surface area contributed by atoms with Crippen LogP contribution in [-0.2, 0) is 13.5 Å². The van der Waals surface area contributed by atoms with Crippen LogP contribution < -0.4 is 5.32 Å². The molecular formula is C16H18N4O. The summed E-state index contributed by atoms with van der Waals surface area (Å²) in [5, 5.41) is 9.12. The van der Waals surface area contributed by atoms with Gasteiger partial charge in [-0.2, -0.15) is 5.10 Å². The van der Waals surface area contributed by atoms with E-state index < -0.39 is 0 Å². The first-order valence-electron chi connectivity index (χ1n) is 7.41. The van der Waals surface area contributed by atoms with E-state index in [4.69, 9.17) is 4.42 Å². The zero-order valence-corrected chi connectivity index (χ0v) is 12.0. The molecule has 0 aliphatic heterocycles. The van der Waals surface area contributed by atoms with Crippen LogP contribution in [-0.4, -0.2) is 27.4 Å². The van der Waals surface area contributed by atoms with Crippen LogP contribution in [0.25, 0.3) is 22.4 Å². The average Bonchev–Trinajstić information content (AvgIpc) is 3.10. The first kappa shape index (κ1) is 12.6. The lowest BCUT2D eigenvalue weighted by Crippen LogP contribution is -2.19. The Balaban J connectivity index is 1.58. The molecule has 4 rings (SSSR count). The molecule has 0 radical (unpaired) electrons. The first-order chi connectivity index (χ1) is 10.3. The molecular weight excluding hydrogens is 264 g/mol. The van der Waals surface area contributed by atoms with E-state index in [-0.39, 0.29) is 0 Å². The summed E-state index contributed by atoms with van der Waals surface area (Å²) in [4.78, 5) is 4.37. The van der Waals surface area contributed by atoms with Gasteiger partial charge >= 0.3 is 0 Å². The SMILES string of the molecule is Cn1nc(-c2cnc(CCNC3CC3)o2)c2ccccc21. The van der Waals surface area contributed by atoms with Gasteiger partial charge in [-0.25, -0.2) is 4.98 Å². The van der Waals surface area contributed by atoms with E-state index in [1.54, 1.807) is 6.20 Å². The van der Waals surface area contributed by atoms with Crippen molar-refractivity contribution >= 4 is 10.9 Å². The topological polar surface area (TPSA) is 55.9 Å². The van der Waals surface area contributed by atoms with Crippen LogP contribution in [0.1, 0.15) is 18.7 Å². The highest BCUT2D eigenvalue weighted by molar-refractivity contribution is 5.91. The summed E-state index contributed by atoms with van der Waals surface area (Å²) in [6, 6.07) is 8.88. The zero-order chi connectivity index (χ0) is 14.2. The maximum absolute atomic E-state index is 5.87. The van der Waals surface area contributed by atoms with Gasteiger partial charge in [0, 0.05) is 31.4 Å². The molecule has 2 heterocycles. The minimum Gasteiger partial charge on any atom is -0.439 e. The van der Waals surface area contributed by atoms with Gasteiger partial charge in [0.05, 0.1) is 11.7 Å². The number of aryl methyl sites for hydroxylation is 1. The zero-order valence-electron chi connectivity index (χ0n) is 12.0. The minimum atomic E-state index is 0.721. The van der Waals surface area contributed by atoms with Crippen molar-refractivity contribution < 1.29 is 4.42 Å². The van der Waals surface area contributed by atoms with Gasteiger partial charge in [-0.15, -0.1) is 0 Å². The van der Waals surface area contributed by atoms with Crippen LogP contribution in [0.3, 0.4) is 0 Å².